The number of hydrogen-bond acceptors (Lipinski definition) is 4. The minimum absolute atomic E-state index is 0.116. The van der Waals surface area contributed by atoms with E-state index in [-0.39, 0.29) is 17.4 Å². The van der Waals surface area contributed by atoms with Gasteiger partial charge in [0.05, 0.1) is 4.92 Å². The first-order valence-electron chi connectivity index (χ1n) is 4.57. The molecule has 1 amide bonds. The molecule has 0 aliphatic heterocycles. The number of carbonyl (C=O) groups is 1. The number of nitro groups is 1. The molecule has 0 atom stereocenters. The molecule has 1 fully saturated rings. The first-order valence-corrected chi connectivity index (χ1v) is 4.57. The Morgan fingerprint density at radius 1 is 1.73 bits per heavy atom. The third kappa shape index (κ3) is 1.95. The summed E-state index contributed by atoms with van der Waals surface area (Å²) in [7, 11) is 1.54. The highest BCUT2D eigenvalue weighted by atomic mass is 16.6. The van der Waals surface area contributed by atoms with Crippen molar-refractivity contribution in [3.8, 4) is 0 Å². The van der Waals surface area contributed by atoms with Gasteiger partial charge >= 0.3 is 5.69 Å². The Labute approximate surface area is 85.2 Å². The number of aromatic nitrogens is 2. The summed E-state index contributed by atoms with van der Waals surface area (Å²) in [6.07, 6.45) is 3.10. The van der Waals surface area contributed by atoms with Crippen LogP contribution in [0, 0.1) is 10.1 Å². The number of carbonyl (C=O) groups excluding carboxylic acids is 1. The van der Waals surface area contributed by atoms with E-state index < -0.39 is 10.8 Å². The molecule has 2 rings (SSSR count). The number of nitrogens with zero attached hydrogens (tertiary/aromatic N) is 3. The maximum absolute atomic E-state index is 11.5. The average Bonchev–Trinajstić information content (AvgIpc) is 2.86. The summed E-state index contributed by atoms with van der Waals surface area (Å²) in [4.78, 5) is 21.6. The van der Waals surface area contributed by atoms with Crippen molar-refractivity contribution in [3.63, 3.8) is 0 Å². The molecule has 1 aliphatic rings. The van der Waals surface area contributed by atoms with Crippen molar-refractivity contribution in [3.05, 3.63) is 22.0 Å². The smallest absolute Gasteiger partial charge is 0.320 e. The van der Waals surface area contributed by atoms with E-state index in [1.54, 1.807) is 7.05 Å². The fourth-order valence-corrected chi connectivity index (χ4v) is 1.25. The van der Waals surface area contributed by atoms with Gasteiger partial charge in [-0.2, -0.15) is 5.10 Å². The zero-order chi connectivity index (χ0) is 11.0. The zero-order valence-electron chi connectivity index (χ0n) is 8.14. The van der Waals surface area contributed by atoms with Gasteiger partial charge < -0.3 is 5.32 Å². The van der Waals surface area contributed by atoms with Gasteiger partial charge in [-0.05, 0) is 12.8 Å². The van der Waals surface area contributed by atoms with Crippen molar-refractivity contribution >= 4 is 11.6 Å². The Morgan fingerprint density at radius 3 is 2.93 bits per heavy atom. The normalized spacial score (nSPS) is 15.0. The van der Waals surface area contributed by atoms with E-state index in [1.165, 1.54) is 10.9 Å². The van der Waals surface area contributed by atoms with Crippen LogP contribution in [0.1, 0.15) is 23.3 Å². The summed E-state index contributed by atoms with van der Waals surface area (Å²) < 4.78 is 1.26. The molecule has 1 N–H and O–H groups in total. The minimum atomic E-state index is -0.602. The second-order valence-corrected chi connectivity index (χ2v) is 3.54. The van der Waals surface area contributed by atoms with Crippen LogP contribution < -0.4 is 5.32 Å². The van der Waals surface area contributed by atoms with Crippen molar-refractivity contribution in [2.24, 2.45) is 7.05 Å². The number of rotatable bonds is 3. The molecule has 7 heteroatoms. The van der Waals surface area contributed by atoms with E-state index in [9.17, 15) is 14.9 Å². The quantitative estimate of drug-likeness (QED) is 0.570. The van der Waals surface area contributed by atoms with Gasteiger partial charge in [-0.15, -0.1) is 0 Å². The van der Waals surface area contributed by atoms with Crippen LogP contribution in [0.3, 0.4) is 0 Å². The number of hydrogen-bond donors (Lipinski definition) is 1. The highest BCUT2D eigenvalue weighted by Gasteiger charge is 2.29. The van der Waals surface area contributed by atoms with Gasteiger partial charge in [0.25, 0.3) is 5.91 Å². The lowest BCUT2D eigenvalue weighted by Crippen LogP contribution is -2.26. The van der Waals surface area contributed by atoms with E-state index in [0.717, 1.165) is 12.8 Å². The largest absolute Gasteiger partial charge is 0.348 e. The SMILES string of the molecule is Cn1cc([N+](=O)[O-])c(C(=O)NC2CC2)n1. The number of amides is 1. The Bertz CT molecular complexity index is 422. The molecule has 1 saturated carbocycles. The molecule has 0 unspecified atom stereocenters. The minimum Gasteiger partial charge on any atom is -0.348 e. The lowest BCUT2D eigenvalue weighted by molar-refractivity contribution is -0.385. The first-order chi connectivity index (χ1) is 7.08. The molecule has 80 valence electrons. The van der Waals surface area contributed by atoms with Gasteiger partial charge in [0, 0.05) is 13.1 Å². The van der Waals surface area contributed by atoms with Gasteiger partial charge in [0.1, 0.15) is 6.20 Å². The van der Waals surface area contributed by atoms with Gasteiger partial charge in [-0.1, -0.05) is 0 Å². The molecule has 1 aliphatic carbocycles. The maximum Gasteiger partial charge on any atom is 0.320 e. The van der Waals surface area contributed by atoms with E-state index in [0.29, 0.717) is 0 Å². The molecular formula is C8H10N4O3. The Kier molecular flexibility index (Phi) is 2.14. The lowest BCUT2D eigenvalue weighted by Gasteiger charge is -1.98. The van der Waals surface area contributed by atoms with Crippen LogP contribution >= 0.6 is 0 Å². The molecule has 0 saturated heterocycles. The summed E-state index contributed by atoms with van der Waals surface area (Å²) in [6, 6.07) is 0.166. The molecule has 1 heterocycles. The Morgan fingerprint density at radius 2 is 2.40 bits per heavy atom. The first kappa shape index (κ1) is 9.63. The monoisotopic (exact) mass is 210 g/mol. The number of aryl methyl sites for hydroxylation is 1. The second-order valence-electron chi connectivity index (χ2n) is 3.54. The molecule has 1 aromatic rings. The van der Waals surface area contributed by atoms with Crippen molar-refractivity contribution in [2.45, 2.75) is 18.9 Å². The molecule has 15 heavy (non-hydrogen) atoms. The molecule has 0 spiro atoms. The lowest BCUT2D eigenvalue weighted by atomic mass is 10.3. The number of nitrogens with one attached hydrogen (secondary N) is 1. The van der Waals surface area contributed by atoms with Gasteiger partial charge in [0.15, 0.2) is 0 Å². The van der Waals surface area contributed by atoms with Crippen molar-refractivity contribution < 1.29 is 9.72 Å². The summed E-state index contributed by atoms with van der Waals surface area (Å²) in [6.45, 7) is 0. The zero-order valence-corrected chi connectivity index (χ0v) is 8.14. The van der Waals surface area contributed by atoms with E-state index in [4.69, 9.17) is 0 Å². The highest BCUT2D eigenvalue weighted by molar-refractivity contribution is 5.96. The van der Waals surface area contributed by atoms with Gasteiger partial charge in [-0.25, -0.2) is 0 Å². The Hall–Kier alpha value is -1.92. The van der Waals surface area contributed by atoms with Crippen molar-refractivity contribution in [1.82, 2.24) is 15.1 Å². The fourth-order valence-electron chi connectivity index (χ4n) is 1.25. The van der Waals surface area contributed by atoms with E-state index in [1.807, 2.05) is 0 Å². The maximum atomic E-state index is 11.5. The summed E-state index contributed by atoms with van der Waals surface area (Å²) in [5, 5.41) is 17.0. The van der Waals surface area contributed by atoms with Gasteiger partial charge in [0.2, 0.25) is 5.69 Å². The van der Waals surface area contributed by atoms with Gasteiger partial charge in [-0.3, -0.25) is 19.6 Å². The predicted octanol–water partition coefficient (Wildman–Crippen LogP) is 0.220. The fraction of sp³-hybridized carbons (Fsp3) is 0.500. The molecule has 0 radical (unpaired) electrons. The van der Waals surface area contributed by atoms with Crippen LogP contribution in [0.25, 0.3) is 0 Å². The standard InChI is InChI=1S/C8H10N4O3/c1-11-4-6(12(14)15)7(10-11)8(13)9-5-2-3-5/h4-5H,2-3H2,1H3,(H,9,13). The molecule has 1 aromatic heterocycles. The van der Waals surface area contributed by atoms with E-state index >= 15 is 0 Å². The molecule has 0 bridgehead atoms. The second kappa shape index (κ2) is 3.34. The molecule has 7 nitrogen and oxygen atoms in total. The molecular weight excluding hydrogens is 200 g/mol. The highest BCUT2D eigenvalue weighted by Crippen LogP contribution is 2.21. The van der Waals surface area contributed by atoms with Crippen LogP contribution in [0.15, 0.2) is 6.20 Å². The third-order valence-corrected chi connectivity index (χ3v) is 2.13. The Balaban J connectivity index is 2.24. The van der Waals surface area contributed by atoms with Crippen LogP contribution in [-0.4, -0.2) is 26.7 Å². The van der Waals surface area contributed by atoms with Crippen molar-refractivity contribution in [1.29, 1.82) is 0 Å². The third-order valence-electron chi connectivity index (χ3n) is 2.13. The average molecular weight is 210 g/mol. The van der Waals surface area contributed by atoms with Crippen LogP contribution in [-0.2, 0) is 7.05 Å². The molecule has 0 aromatic carbocycles. The topological polar surface area (TPSA) is 90.1 Å². The van der Waals surface area contributed by atoms with Crippen LogP contribution in [0.2, 0.25) is 0 Å². The van der Waals surface area contributed by atoms with Crippen LogP contribution in [0.5, 0.6) is 0 Å². The summed E-state index contributed by atoms with van der Waals surface area (Å²) >= 11 is 0. The summed E-state index contributed by atoms with van der Waals surface area (Å²) in [5.41, 5.74) is -0.370. The van der Waals surface area contributed by atoms with Crippen molar-refractivity contribution in [2.75, 3.05) is 0 Å². The summed E-state index contributed by atoms with van der Waals surface area (Å²) in [5.74, 6) is -0.468. The van der Waals surface area contributed by atoms with E-state index in [2.05, 4.69) is 10.4 Å². The van der Waals surface area contributed by atoms with Crippen LogP contribution in [0.4, 0.5) is 5.69 Å². The predicted molar refractivity (Wildman–Crippen MR) is 50.4 cm³/mol.